The monoisotopic (exact) mass is 161 g/mol. The Labute approximate surface area is 60.7 Å². The van der Waals surface area contributed by atoms with Gasteiger partial charge >= 0.3 is 0 Å². The third kappa shape index (κ3) is 0.787. The number of fused-ring (bicyclic) bond motifs is 1. The van der Waals surface area contributed by atoms with E-state index >= 15 is 0 Å². The Morgan fingerprint density at radius 1 is 1.30 bits per heavy atom. The molecule has 1 aliphatic heterocycles. The van der Waals surface area contributed by atoms with Gasteiger partial charge in [0, 0.05) is 12.6 Å². The fraction of sp³-hybridized carbons (Fsp3) is 1.00. The van der Waals surface area contributed by atoms with Crippen LogP contribution in [0.3, 0.4) is 0 Å². The molecule has 1 N–H and O–H groups in total. The number of sulfone groups is 1. The van der Waals surface area contributed by atoms with Crippen molar-refractivity contribution in [2.45, 2.75) is 24.1 Å². The molecule has 10 heavy (non-hydrogen) atoms. The molecular weight excluding hydrogens is 150 g/mol. The molecule has 1 heterocycles. The zero-order valence-electron chi connectivity index (χ0n) is 5.71. The number of hydrogen-bond acceptors (Lipinski definition) is 3. The van der Waals surface area contributed by atoms with Gasteiger partial charge in [0.05, 0.1) is 11.0 Å². The van der Waals surface area contributed by atoms with Gasteiger partial charge in [-0.2, -0.15) is 0 Å². The maximum atomic E-state index is 11.2. The van der Waals surface area contributed by atoms with Gasteiger partial charge in [-0.15, -0.1) is 0 Å². The van der Waals surface area contributed by atoms with Crippen LogP contribution in [0.4, 0.5) is 0 Å². The lowest BCUT2D eigenvalue weighted by molar-refractivity contribution is 0.330. The predicted octanol–water partition coefficient (Wildman–Crippen LogP) is -0.465. The average Bonchev–Trinajstić information content (AvgIpc) is 1.73. The summed E-state index contributed by atoms with van der Waals surface area (Å²) in [5, 5.41) is 3.15. The topological polar surface area (TPSA) is 46.2 Å². The van der Waals surface area contributed by atoms with E-state index in [0.717, 1.165) is 12.8 Å². The first kappa shape index (κ1) is 6.61. The lowest BCUT2D eigenvalue weighted by atomic mass is 9.92. The van der Waals surface area contributed by atoms with Crippen LogP contribution in [-0.4, -0.2) is 32.0 Å². The highest BCUT2D eigenvalue weighted by Crippen LogP contribution is 2.29. The van der Waals surface area contributed by atoms with Gasteiger partial charge in [0.2, 0.25) is 0 Å². The van der Waals surface area contributed by atoms with Crippen molar-refractivity contribution in [3.05, 3.63) is 0 Å². The summed E-state index contributed by atoms with van der Waals surface area (Å²) in [5.41, 5.74) is 0. The molecule has 0 aromatic rings. The highest BCUT2D eigenvalue weighted by atomic mass is 32.2. The molecule has 0 aromatic heterocycles. The number of nitrogens with one attached hydrogen (secondary N) is 1. The summed E-state index contributed by atoms with van der Waals surface area (Å²) in [5.74, 6) is 0.341. The van der Waals surface area contributed by atoms with Crippen molar-refractivity contribution in [3.8, 4) is 0 Å². The molecule has 1 saturated heterocycles. The SMILES string of the molecule is O=S1(=O)CCNC2CCC21. The Balaban J connectivity index is 2.24. The van der Waals surface area contributed by atoms with Gasteiger partial charge in [0.25, 0.3) is 0 Å². The lowest BCUT2D eigenvalue weighted by Gasteiger charge is -2.40. The van der Waals surface area contributed by atoms with Crippen molar-refractivity contribution >= 4 is 9.84 Å². The minimum absolute atomic E-state index is 0.0405. The minimum atomic E-state index is -2.69. The second-order valence-corrected chi connectivity index (χ2v) is 5.38. The Bertz CT molecular complexity index is 234. The Morgan fingerprint density at radius 3 is 2.50 bits per heavy atom. The van der Waals surface area contributed by atoms with E-state index in [0.29, 0.717) is 18.3 Å². The molecule has 0 radical (unpaired) electrons. The van der Waals surface area contributed by atoms with Crippen molar-refractivity contribution in [2.75, 3.05) is 12.3 Å². The second-order valence-electron chi connectivity index (χ2n) is 3.04. The maximum Gasteiger partial charge on any atom is 0.155 e. The van der Waals surface area contributed by atoms with Crippen LogP contribution in [0.5, 0.6) is 0 Å². The Kier molecular flexibility index (Phi) is 1.29. The molecular formula is C6H11NO2S. The minimum Gasteiger partial charge on any atom is -0.312 e. The van der Waals surface area contributed by atoms with Crippen molar-refractivity contribution in [3.63, 3.8) is 0 Å². The van der Waals surface area contributed by atoms with Crippen molar-refractivity contribution in [2.24, 2.45) is 0 Å². The molecule has 2 rings (SSSR count). The number of hydrogen-bond donors (Lipinski definition) is 1. The second kappa shape index (κ2) is 1.95. The smallest absolute Gasteiger partial charge is 0.155 e. The van der Waals surface area contributed by atoms with Crippen LogP contribution in [-0.2, 0) is 9.84 Å². The first-order valence-corrected chi connectivity index (χ1v) is 5.37. The normalized spacial score (nSPS) is 43.6. The van der Waals surface area contributed by atoms with Gasteiger partial charge in [-0.05, 0) is 12.8 Å². The summed E-state index contributed by atoms with van der Waals surface area (Å²) in [7, 11) is -2.69. The van der Waals surface area contributed by atoms with E-state index in [1.807, 2.05) is 0 Å². The van der Waals surface area contributed by atoms with Crippen LogP contribution in [0.15, 0.2) is 0 Å². The lowest BCUT2D eigenvalue weighted by Crippen LogP contribution is -2.58. The zero-order chi connectivity index (χ0) is 7.19. The first-order valence-electron chi connectivity index (χ1n) is 3.65. The van der Waals surface area contributed by atoms with E-state index in [1.165, 1.54) is 0 Å². The summed E-state index contributed by atoms with van der Waals surface area (Å²) < 4.78 is 22.4. The van der Waals surface area contributed by atoms with Crippen molar-refractivity contribution in [1.82, 2.24) is 5.32 Å². The Hall–Kier alpha value is -0.0900. The molecule has 1 aliphatic carbocycles. The Morgan fingerprint density at radius 2 is 2.10 bits per heavy atom. The fourth-order valence-corrected chi connectivity index (χ4v) is 3.60. The quantitative estimate of drug-likeness (QED) is 0.522. The van der Waals surface area contributed by atoms with Crippen LogP contribution in [0.1, 0.15) is 12.8 Å². The van der Waals surface area contributed by atoms with Crippen LogP contribution in [0.2, 0.25) is 0 Å². The van der Waals surface area contributed by atoms with Gasteiger partial charge < -0.3 is 5.32 Å². The summed E-state index contributed by atoms with van der Waals surface area (Å²) in [4.78, 5) is 0. The van der Waals surface area contributed by atoms with E-state index in [2.05, 4.69) is 5.32 Å². The molecule has 2 atom stereocenters. The third-order valence-electron chi connectivity index (χ3n) is 2.47. The molecule has 0 amide bonds. The average molecular weight is 161 g/mol. The molecule has 0 aromatic carbocycles. The third-order valence-corrected chi connectivity index (χ3v) is 4.73. The highest BCUT2D eigenvalue weighted by molar-refractivity contribution is 7.92. The van der Waals surface area contributed by atoms with E-state index < -0.39 is 9.84 Å². The fourth-order valence-electron chi connectivity index (χ4n) is 1.67. The van der Waals surface area contributed by atoms with Gasteiger partial charge in [-0.1, -0.05) is 0 Å². The van der Waals surface area contributed by atoms with Gasteiger partial charge in [-0.25, -0.2) is 8.42 Å². The molecule has 0 bridgehead atoms. The van der Waals surface area contributed by atoms with Crippen molar-refractivity contribution < 1.29 is 8.42 Å². The molecule has 2 aliphatic rings. The van der Waals surface area contributed by atoms with Crippen LogP contribution in [0.25, 0.3) is 0 Å². The molecule has 4 heteroatoms. The maximum absolute atomic E-state index is 11.2. The summed E-state index contributed by atoms with van der Waals surface area (Å²) in [6.07, 6.45) is 1.92. The molecule has 58 valence electrons. The molecule has 2 fully saturated rings. The summed E-state index contributed by atoms with van der Waals surface area (Å²) in [6, 6.07) is 0.291. The van der Waals surface area contributed by atoms with E-state index in [1.54, 1.807) is 0 Å². The van der Waals surface area contributed by atoms with Gasteiger partial charge in [0.15, 0.2) is 9.84 Å². The molecule has 3 nitrogen and oxygen atoms in total. The summed E-state index contributed by atoms with van der Waals surface area (Å²) >= 11 is 0. The van der Waals surface area contributed by atoms with E-state index in [9.17, 15) is 8.42 Å². The standard InChI is InChI=1S/C6H11NO2S/c8-10(9)4-3-7-5-1-2-6(5)10/h5-7H,1-4H2. The highest BCUT2D eigenvalue weighted by Gasteiger charge is 2.42. The van der Waals surface area contributed by atoms with Gasteiger partial charge in [-0.3, -0.25) is 0 Å². The van der Waals surface area contributed by atoms with E-state index in [4.69, 9.17) is 0 Å². The van der Waals surface area contributed by atoms with Crippen LogP contribution >= 0.6 is 0 Å². The molecule has 0 spiro atoms. The van der Waals surface area contributed by atoms with Crippen molar-refractivity contribution in [1.29, 1.82) is 0 Å². The first-order chi connectivity index (χ1) is 4.70. The van der Waals surface area contributed by atoms with Crippen LogP contribution in [0, 0.1) is 0 Å². The predicted molar refractivity (Wildman–Crippen MR) is 38.6 cm³/mol. The largest absolute Gasteiger partial charge is 0.312 e. The van der Waals surface area contributed by atoms with E-state index in [-0.39, 0.29) is 5.25 Å². The molecule has 2 unspecified atom stereocenters. The van der Waals surface area contributed by atoms with Gasteiger partial charge in [0.1, 0.15) is 0 Å². The summed E-state index contributed by atoms with van der Waals surface area (Å²) in [6.45, 7) is 0.656. The zero-order valence-corrected chi connectivity index (χ0v) is 6.52. The number of rotatable bonds is 0. The molecule has 1 saturated carbocycles. The van der Waals surface area contributed by atoms with Crippen LogP contribution < -0.4 is 5.32 Å².